The topological polar surface area (TPSA) is 83.8 Å². The lowest BCUT2D eigenvalue weighted by molar-refractivity contribution is 0.0378. The van der Waals surface area contributed by atoms with Crippen molar-refractivity contribution in [3.05, 3.63) is 95.1 Å². The van der Waals surface area contributed by atoms with E-state index in [0.717, 1.165) is 22.3 Å². The number of carbonyl (C=O) groups is 2. The van der Waals surface area contributed by atoms with Gasteiger partial charge in [-0.1, -0.05) is 48.5 Å². The average Bonchev–Trinajstić information content (AvgIpc) is 3.02. The molecular weight excluding hydrogens is 356 g/mol. The van der Waals surface area contributed by atoms with E-state index in [1.165, 1.54) is 24.3 Å². The Morgan fingerprint density at radius 2 is 1.29 bits per heavy atom. The van der Waals surface area contributed by atoms with Crippen LogP contribution < -0.4 is 0 Å². The predicted octanol–water partition coefficient (Wildman–Crippen LogP) is 3.50. The van der Waals surface area contributed by atoms with Crippen LogP contribution in [-0.2, 0) is 10.2 Å². The van der Waals surface area contributed by atoms with E-state index in [-0.39, 0.29) is 24.3 Å². The number of hydrogen-bond acceptors (Lipinski definition) is 4. The largest absolute Gasteiger partial charge is 0.478 e. The predicted molar refractivity (Wildman–Crippen MR) is 103 cm³/mol. The molecular formula is C23H18O5. The van der Waals surface area contributed by atoms with Crippen molar-refractivity contribution >= 4 is 11.9 Å². The van der Waals surface area contributed by atoms with E-state index >= 15 is 0 Å². The van der Waals surface area contributed by atoms with Crippen LogP contribution in [0.4, 0.5) is 0 Å². The molecule has 3 aromatic carbocycles. The molecule has 0 amide bonds. The van der Waals surface area contributed by atoms with Gasteiger partial charge < -0.3 is 14.9 Å². The molecule has 0 saturated carbocycles. The summed E-state index contributed by atoms with van der Waals surface area (Å²) >= 11 is 0. The van der Waals surface area contributed by atoms with Crippen molar-refractivity contribution < 1.29 is 24.5 Å². The molecule has 0 bridgehead atoms. The third kappa shape index (κ3) is 2.77. The number of carboxylic acids is 1. The van der Waals surface area contributed by atoms with Gasteiger partial charge in [-0.25, -0.2) is 9.59 Å². The molecule has 0 atom stereocenters. The first-order chi connectivity index (χ1) is 13.6. The number of aromatic carboxylic acids is 1. The van der Waals surface area contributed by atoms with Gasteiger partial charge in [-0.05, 0) is 46.5 Å². The number of ether oxygens (including phenoxy) is 1. The number of fused-ring (bicyclic) bond motifs is 3. The highest BCUT2D eigenvalue weighted by Gasteiger charge is 2.43. The van der Waals surface area contributed by atoms with Gasteiger partial charge in [0, 0.05) is 0 Å². The minimum atomic E-state index is -1.06. The standard InChI is InChI=1S/C23H18O5/c24-13-23(14-28-22(27)16-11-9-15(10-12-16)21(25)26)19-7-3-1-5-17(19)18-6-2-4-8-20(18)23/h1-12,24H,13-14H2,(H,25,26). The summed E-state index contributed by atoms with van der Waals surface area (Å²) in [5, 5.41) is 19.3. The summed E-state index contributed by atoms with van der Waals surface area (Å²) in [5.74, 6) is -1.62. The molecule has 5 nitrogen and oxygen atoms in total. The highest BCUT2D eigenvalue weighted by molar-refractivity contribution is 5.92. The van der Waals surface area contributed by atoms with Gasteiger partial charge in [-0.3, -0.25) is 0 Å². The maximum Gasteiger partial charge on any atom is 0.338 e. The number of esters is 1. The van der Waals surface area contributed by atoms with Crippen molar-refractivity contribution in [1.82, 2.24) is 0 Å². The summed E-state index contributed by atoms with van der Waals surface area (Å²) in [6.45, 7) is -0.219. The van der Waals surface area contributed by atoms with Gasteiger partial charge in [0.15, 0.2) is 0 Å². The normalized spacial score (nSPS) is 13.5. The number of aliphatic hydroxyl groups excluding tert-OH is 1. The Morgan fingerprint density at radius 3 is 1.79 bits per heavy atom. The van der Waals surface area contributed by atoms with Gasteiger partial charge in [-0.15, -0.1) is 0 Å². The molecule has 5 heteroatoms. The molecule has 0 saturated heterocycles. The SMILES string of the molecule is O=C(O)c1ccc(C(=O)OCC2(CO)c3ccccc3-c3ccccc32)cc1. The monoisotopic (exact) mass is 374 g/mol. The van der Waals surface area contributed by atoms with Crippen LogP contribution in [0.5, 0.6) is 0 Å². The summed E-state index contributed by atoms with van der Waals surface area (Å²) in [6.07, 6.45) is 0. The number of benzene rings is 3. The molecule has 0 aromatic heterocycles. The Morgan fingerprint density at radius 1 is 0.786 bits per heavy atom. The lowest BCUT2D eigenvalue weighted by atomic mass is 9.79. The third-order valence-corrected chi connectivity index (χ3v) is 5.26. The summed E-state index contributed by atoms with van der Waals surface area (Å²) in [6, 6.07) is 21.2. The Kier molecular flexibility index (Phi) is 4.45. The second-order valence-electron chi connectivity index (χ2n) is 6.79. The lowest BCUT2D eigenvalue weighted by Gasteiger charge is -2.29. The third-order valence-electron chi connectivity index (χ3n) is 5.26. The molecule has 0 heterocycles. The van der Waals surface area contributed by atoms with E-state index in [9.17, 15) is 14.7 Å². The number of carbonyl (C=O) groups excluding carboxylic acids is 1. The smallest absolute Gasteiger partial charge is 0.338 e. The molecule has 4 rings (SSSR count). The fourth-order valence-electron chi connectivity index (χ4n) is 3.81. The summed E-state index contributed by atoms with van der Waals surface area (Å²) in [5.41, 5.74) is 3.42. The van der Waals surface area contributed by atoms with E-state index in [1.54, 1.807) is 0 Å². The van der Waals surface area contributed by atoms with E-state index in [4.69, 9.17) is 9.84 Å². The molecule has 0 aliphatic heterocycles. The molecule has 140 valence electrons. The van der Waals surface area contributed by atoms with Crippen molar-refractivity contribution in [2.45, 2.75) is 5.41 Å². The zero-order chi connectivity index (χ0) is 19.7. The Balaban J connectivity index is 1.64. The minimum absolute atomic E-state index is 0.0168. The van der Waals surface area contributed by atoms with E-state index in [0.29, 0.717) is 0 Å². The van der Waals surface area contributed by atoms with Crippen molar-refractivity contribution in [2.75, 3.05) is 13.2 Å². The summed E-state index contributed by atoms with van der Waals surface area (Å²) < 4.78 is 5.57. The van der Waals surface area contributed by atoms with Crippen molar-refractivity contribution in [2.24, 2.45) is 0 Å². The molecule has 1 aliphatic carbocycles. The lowest BCUT2D eigenvalue weighted by Crippen LogP contribution is -2.36. The van der Waals surface area contributed by atoms with E-state index < -0.39 is 17.4 Å². The highest BCUT2D eigenvalue weighted by Crippen LogP contribution is 2.48. The molecule has 0 unspecified atom stereocenters. The zero-order valence-electron chi connectivity index (χ0n) is 15.0. The Bertz CT molecular complexity index is 1010. The van der Waals surface area contributed by atoms with Crippen molar-refractivity contribution in [3.63, 3.8) is 0 Å². The van der Waals surface area contributed by atoms with Crippen LogP contribution in [0.1, 0.15) is 31.8 Å². The van der Waals surface area contributed by atoms with Gasteiger partial charge in [0.05, 0.1) is 23.1 Å². The Labute approximate surface area is 161 Å². The minimum Gasteiger partial charge on any atom is -0.478 e. The molecule has 2 N–H and O–H groups in total. The first-order valence-electron chi connectivity index (χ1n) is 8.87. The molecule has 3 aromatic rings. The second kappa shape index (κ2) is 6.94. The number of aliphatic hydroxyl groups is 1. The maximum absolute atomic E-state index is 12.5. The van der Waals surface area contributed by atoms with Crippen LogP contribution >= 0.6 is 0 Å². The van der Waals surface area contributed by atoms with Gasteiger partial charge in [0.1, 0.15) is 6.61 Å². The Hall–Kier alpha value is -3.44. The molecule has 0 fully saturated rings. The van der Waals surface area contributed by atoms with E-state index in [2.05, 4.69) is 0 Å². The van der Waals surface area contributed by atoms with E-state index in [1.807, 2.05) is 48.5 Å². The number of hydrogen-bond donors (Lipinski definition) is 2. The van der Waals surface area contributed by atoms with Gasteiger partial charge >= 0.3 is 11.9 Å². The van der Waals surface area contributed by atoms with Crippen LogP contribution in [0.25, 0.3) is 11.1 Å². The van der Waals surface area contributed by atoms with Crippen LogP contribution in [0.2, 0.25) is 0 Å². The maximum atomic E-state index is 12.5. The second-order valence-corrected chi connectivity index (χ2v) is 6.79. The average molecular weight is 374 g/mol. The first-order valence-corrected chi connectivity index (χ1v) is 8.87. The van der Waals surface area contributed by atoms with Gasteiger partial charge in [-0.2, -0.15) is 0 Å². The van der Waals surface area contributed by atoms with Crippen LogP contribution in [0, 0.1) is 0 Å². The summed E-state index contributed by atoms with van der Waals surface area (Å²) in [7, 11) is 0. The van der Waals surface area contributed by atoms with Crippen LogP contribution in [-0.4, -0.2) is 35.4 Å². The molecule has 0 spiro atoms. The fourth-order valence-corrected chi connectivity index (χ4v) is 3.81. The molecule has 1 aliphatic rings. The molecule has 28 heavy (non-hydrogen) atoms. The van der Waals surface area contributed by atoms with Crippen LogP contribution in [0.3, 0.4) is 0 Å². The van der Waals surface area contributed by atoms with Crippen LogP contribution in [0.15, 0.2) is 72.8 Å². The fraction of sp³-hybridized carbons (Fsp3) is 0.130. The summed E-state index contributed by atoms with van der Waals surface area (Å²) in [4.78, 5) is 23.5. The molecule has 0 radical (unpaired) electrons. The number of rotatable bonds is 5. The quantitative estimate of drug-likeness (QED) is 0.668. The first kappa shape index (κ1) is 17.9. The van der Waals surface area contributed by atoms with Crippen molar-refractivity contribution in [1.29, 1.82) is 0 Å². The van der Waals surface area contributed by atoms with Gasteiger partial charge in [0.2, 0.25) is 0 Å². The zero-order valence-corrected chi connectivity index (χ0v) is 15.0. The highest BCUT2D eigenvalue weighted by atomic mass is 16.5. The number of carboxylic acid groups (broad SMARTS) is 1. The van der Waals surface area contributed by atoms with Crippen molar-refractivity contribution in [3.8, 4) is 11.1 Å². The van der Waals surface area contributed by atoms with Gasteiger partial charge in [0.25, 0.3) is 0 Å².